The molecule has 0 N–H and O–H groups in total. The lowest BCUT2D eigenvalue weighted by Gasteiger charge is -2.47. The van der Waals surface area contributed by atoms with Gasteiger partial charge in [0.15, 0.2) is 0 Å². The molecule has 0 radical (unpaired) electrons. The molecule has 79 heavy (non-hydrogen) atoms. The van der Waals surface area contributed by atoms with Crippen LogP contribution in [-0.4, -0.2) is 6.85 Å². The number of fused-ring (bicyclic) bond motifs is 8. The highest BCUT2D eigenvalue weighted by Gasteiger charge is 2.49. The van der Waals surface area contributed by atoms with Crippen molar-refractivity contribution in [3.05, 3.63) is 203 Å². The Morgan fingerprint density at radius 1 is 0.443 bits per heavy atom. The van der Waals surface area contributed by atoms with Crippen LogP contribution in [0.1, 0.15) is 162 Å². The van der Waals surface area contributed by atoms with Gasteiger partial charge in [-0.25, -0.2) is 0 Å². The van der Waals surface area contributed by atoms with Crippen molar-refractivity contribution in [1.29, 1.82) is 0 Å². The lowest BCUT2D eigenvalue weighted by molar-refractivity contribution is 0.332. The van der Waals surface area contributed by atoms with Crippen molar-refractivity contribution in [3.63, 3.8) is 0 Å². The van der Waals surface area contributed by atoms with Gasteiger partial charge in [-0.3, -0.25) is 0 Å². The summed E-state index contributed by atoms with van der Waals surface area (Å²) in [5.74, 6) is 0. The van der Waals surface area contributed by atoms with Crippen LogP contribution in [0.15, 0.2) is 164 Å². The highest BCUT2D eigenvalue weighted by Crippen LogP contribution is 2.56. The third-order valence-electron chi connectivity index (χ3n) is 19.4. The van der Waals surface area contributed by atoms with Crippen LogP contribution < -0.4 is 20.0 Å². The number of rotatable bonds is 6. The molecule has 0 saturated heterocycles. The van der Waals surface area contributed by atoms with E-state index in [1.54, 1.807) is 0 Å². The quantitative estimate of drug-likeness (QED) is 0.153. The maximum absolute atomic E-state index is 2.82. The lowest BCUT2D eigenvalue weighted by atomic mass is 9.46. The average molecular weight is 1050 g/mol. The molecule has 9 aromatic rings. The predicted molar refractivity (Wildman–Crippen MR) is 344 cm³/mol. The summed E-state index contributed by atoms with van der Waals surface area (Å²) in [6.45, 7) is 34.8. The van der Waals surface area contributed by atoms with Gasteiger partial charge >= 0.3 is 6.85 Å². The Labute approximate surface area is 477 Å². The first-order valence-corrected chi connectivity index (χ1v) is 30.2. The van der Waals surface area contributed by atoms with Crippen LogP contribution in [0.5, 0.6) is 0 Å². The molecule has 0 amide bonds. The number of anilines is 4. The molecular weight excluding hydrogens is 972 g/mol. The molecule has 0 saturated carbocycles. The van der Waals surface area contributed by atoms with Crippen LogP contribution in [0.25, 0.3) is 54.6 Å². The maximum atomic E-state index is 2.82. The number of nitrogens with zero attached hydrogens (tertiary/aromatic N) is 2. The molecule has 13 rings (SSSR count). The largest absolute Gasteiger partial charge is 0.376 e. The summed E-state index contributed by atoms with van der Waals surface area (Å²) in [5.41, 5.74) is 26.9. The van der Waals surface area contributed by atoms with Crippen LogP contribution in [0.3, 0.4) is 0 Å². The molecule has 0 fully saturated rings. The van der Waals surface area contributed by atoms with E-state index >= 15 is 0 Å². The van der Waals surface area contributed by atoms with Crippen LogP contribution in [0.2, 0.25) is 0 Å². The molecule has 2 nitrogen and oxygen atoms in total. The minimum Gasteiger partial charge on any atom is -0.376 e. The molecule has 1 aromatic heterocycles. The third kappa shape index (κ3) is 8.47. The molecule has 8 aromatic carbocycles. The zero-order chi connectivity index (χ0) is 55.3. The fraction of sp³-hybridized carbons (Fsp3) is 0.333. The summed E-state index contributed by atoms with van der Waals surface area (Å²) in [6.07, 6.45) is 4.69. The van der Waals surface area contributed by atoms with E-state index in [9.17, 15) is 0 Å². The number of thiophene rings is 1. The molecule has 4 aliphatic rings. The summed E-state index contributed by atoms with van der Waals surface area (Å²) in [4.78, 5) is 5.63. The minimum absolute atomic E-state index is 0.00555. The van der Waals surface area contributed by atoms with Gasteiger partial charge < -0.3 is 9.71 Å². The number of hydrogen-bond donors (Lipinski definition) is 0. The summed E-state index contributed by atoms with van der Waals surface area (Å²) in [5, 5.41) is 1.38. The van der Waals surface area contributed by atoms with Gasteiger partial charge in [0, 0.05) is 44.0 Å². The summed E-state index contributed by atoms with van der Waals surface area (Å²) in [7, 11) is 0. The van der Waals surface area contributed by atoms with Gasteiger partial charge in [-0.15, -0.1) is 11.3 Å². The molecule has 0 spiro atoms. The Morgan fingerprint density at radius 2 is 0.949 bits per heavy atom. The van der Waals surface area contributed by atoms with Gasteiger partial charge in [-0.05, 0) is 184 Å². The molecular formula is C75H79BN2S. The topological polar surface area (TPSA) is 6.48 Å². The van der Waals surface area contributed by atoms with Crippen LogP contribution in [0.4, 0.5) is 22.7 Å². The highest BCUT2D eigenvalue weighted by atomic mass is 32.1. The van der Waals surface area contributed by atoms with E-state index in [4.69, 9.17) is 0 Å². The van der Waals surface area contributed by atoms with Gasteiger partial charge in [0.2, 0.25) is 0 Å². The smallest absolute Gasteiger partial charge is 0.343 e. The van der Waals surface area contributed by atoms with Crippen molar-refractivity contribution in [3.8, 4) is 44.5 Å². The second-order valence-corrected chi connectivity index (χ2v) is 29.8. The van der Waals surface area contributed by atoms with Crippen LogP contribution in [-0.2, 0) is 39.0 Å². The van der Waals surface area contributed by atoms with E-state index in [1.165, 1.54) is 146 Å². The zero-order valence-electron chi connectivity index (χ0n) is 49.5. The van der Waals surface area contributed by atoms with Crippen molar-refractivity contribution in [2.24, 2.45) is 0 Å². The van der Waals surface area contributed by atoms with E-state index in [2.05, 4.69) is 282 Å². The summed E-state index contributed by atoms with van der Waals surface area (Å²) < 4.78 is 2.81. The van der Waals surface area contributed by atoms with Crippen LogP contribution in [0, 0.1) is 0 Å². The number of benzene rings is 8. The first kappa shape index (κ1) is 51.8. The van der Waals surface area contributed by atoms with Gasteiger partial charge in [0.05, 0.1) is 5.69 Å². The molecule has 2 aliphatic heterocycles. The zero-order valence-corrected chi connectivity index (χ0v) is 50.3. The number of hydrogen-bond acceptors (Lipinski definition) is 3. The van der Waals surface area contributed by atoms with Crippen molar-refractivity contribution < 1.29 is 0 Å². The molecule has 0 bridgehead atoms. The first-order chi connectivity index (χ1) is 37.4. The van der Waals surface area contributed by atoms with E-state index < -0.39 is 0 Å². The summed E-state index contributed by atoms with van der Waals surface area (Å²) in [6, 6.07) is 64.2. The third-order valence-corrected chi connectivity index (χ3v) is 20.6. The second-order valence-electron chi connectivity index (χ2n) is 28.7. The summed E-state index contributed by atoms with van der Waals surface area (Å²) >= 11 is 2.06. The molecule has 4 heteroatoms. The van der Waals surface area contributed by atoms with Crippen molar-refractivity contribution >= 4 is 61.3 Å². The predicted octanol–water partition coefficient (Wildman–Crippen LogP) is 19.8. The monoisotopic (exact) mass is 1050 g/mol. The molecule has 3 heterocycles. The van der Waals surface area contributed by atoms with Crippen LogP contribution >= 0.6 is 11.3 Å². The Hall–Kier alpha value is -6.62. The van der Waals surface area contributed by atoms with Gasteiger partial charge in [-0.1, -0.05) is 218 Å². The SMILES string of the molecule is CC(C)(C)c1ccc(CN2c3cc(C(C)(C)C)cc4c3B(c3sc5cc6c(cc5c32)C(C)(C)CCC6(C)C)N(c2ccc3c(c2)C(C)(C)CCC3(C)C)c2cc(-c3ccccc3)c(-c3ccccc3)cc2-4)c(-c2ccccc2)c1. The Bertz CT molecular complexity index is 3900. The highest BCUT2D eigenvalue weighted by molar-refractivity contribution is 7.32. The van der Waals surface area contributed by atoms with E-state index in [0.717, 1.165) is 13.0 Å². The van der Waals surface area contributed by atoms with E-state index in [1.807, 2.05) is 0 Å². The van der Waals surface area contributed by atoms with Gasteiger partial charge in [0.1, 0.15) is 0 Å². The second kappa shape index (κ2) is 17.9. The molecule has 0 atom stereocenters. The average Bonchev–Trinajstić information content (AvgIpc) is 3.13. The standard InChI is InChI=1S/C75H79BN2S/c1-70(2,3)51-31-30-50(54(38-51)47-24-18-15-19-25-47)46-77-65-40-52(71(4,5)6)39-58-57-42-55(48-26-20-16-21-27-48)56(49-28-22-17-23-29-49)44-64(57)78(53-32-33-60-61(41-53)73(9,10)35-34-72(60,7)8)76(67(58)65)69-68(77)59-43-62-63(45-66(59)79-69)75(13,14)37-36-74(62,11)12/h15-33,38-45H,34-37,46H2,1-14H3. The fourth-order valence-electron chi connectivity index (χ4n) is 14.2. The Balaban J connectivity index is 1.18. The normalized spacial score (nSPS) is 17.4. The molecule has 398 valence electrons. The van der Waals surface area contributed by atoms with E-state index in [0.29, 0.717) is 0 Å². The van der Waals surface area contributed by atoms with E-state index in [-0.39, 0.29) is 39.3 Å². The van der Waals surface area contributed by atoms with Crippen molar-refractivity contribution in [2.45, 2.75) is 162 Å². The maximum Gasteiger partial charge on any atom is 0.343 e. The first-order valence-electron chi connectivity index (χ1n) is 29.4. The lowest BCUT2D eigenvalue weighted by Crippen LogP contribution is -2.61. The Morgan fingerprint density at radius 3 is 1.52 bits per heavy atom. The fourth-order valence-corrected chi connectivity index (χ4v) is 15.5. The van der Waals surface area contributed by atoms with Crippen molar-refractivity contribution in [2.75, 3.05) is 9.71 Å². The van der Waals surface area contributed by atoms with Gasteiger partial charge in [-0.2, -0.15) is 0 Å². The minimum atomic E-state index is -0.137. The Kier molecular flexibility index (Phi) is 11.8. The molecule has 2 aliphatic carbocycles. The molecule has 0 unspecified atom stereocenters. The van der Waals surface area contributed by atoms with Gasteiger partial charge in [0.25, 0.3) is 0 Å². The van der Waals surface area contributed by atoms with Crippen molar-refractivity contribution in [1.82, 2.24) is 0 Å².